The Bertz CT molecular complexity index is 1320. The summed E-state index contributed by atoms with van der Waals surface area (Å²) in [4.78, 5) is 22.2. The van der Waals surface area contributed by atoms with Crippen LogP contribution in [0.3, 0.4) is 0 Å². The minimum Gasteiger partial charge on any atom is -0.406 e. The molecular formula is C22H19F3N4O2S. The summed E-state index contributed by atoms with van der Waals surface area (Å²) in [6.45, 7) is 3.64. The van der Waals surface area contributed by atoms with Crippen LogP contribution in [0, 0.1) is 0 Å². The first-order chi connectivity index (χ1) is 15.2. The number of aryl methyl sites for hydroxylation is 1. The molecule has 2 aromatic carbocycles. The Balaban J connectivity index is 1.76. The average molecular weight is 460 g/mol. The molecule has 4 aromatic rings. The lowest BCUT2D eigenvalue weighted by Crippen LogP contribution is -2.19. The molecule has 6 nitrogen and oxygen atoms in total. The Hall–Kier alpha value is -3.40. The van der Waals surface area contributed by atoms with Crippen LogP contribution in [-0.4, -0.2) is 26.8 Å². The number of rotatable bonds is 6. The number of fused-ring (bicyclic) bond motifs is 1. The number of halogens is 3. The van der Waals surface area contributed by atoms with Crippen LogP contribution in [0.2, 0.25) is 0 Å². The van der Waals surface area contributed by atoms with Crippen LogP contribution in [0.5, 0.6) is 5.75 Å². The molecule has 10 heteroatoms. The zero-order chi connectivity index (χ0) is 22.9. The van der Waals surface area contributed by atoms with E-state index in [9.17, 15) is 18.0 Å². The van der Waals surface area contributed by atoms with Crippen LogP contribution in [0.15, 0.2) is 58.3 Å². The van der Waals surface area contributed by atoms with Crippen LogP contribution >= 0.6 is 11.3 Å². The smallest absolute Gasteiger partial charge is 0.406 e. The number of aromatic amines is 1. The molecule has 0 atom stereocenters. The average Bonchev–Trinajstić information content (AvgIpc) is 3.28. The van der Waals surface area contributed by atoms with Crippen LogP contribution in [-0.2, 0) is 6.42 Å². The van der Waals surface area contributed by atoms with Gasteiger partial charge >= 0.3 is 6.36 Å². The van der Waals surface area contributed by atoms with E-state index in [0.717, 1.165) is 16.6 Å². The molecule has 0 fully saturated rings. The molecule has 0 amide bonds. The fourth-order valence-electron chi connectivity index (χ4n) is 3.38. The third-order valence-electron chi connectivity index (χ3n) is 4.65. The van der Waals surface area contributed by atoms with Gasteiger partial charge in [-0.25, -0.2) is 4.98 Å². The van der Waals surface area contributed by atoms with E-state index in [1.54, 1.807) is 13.0 Å². The topological polar surface area (TPSA) is 72.3 Å². The summed E-state index contributed by atoms with van der Waals surface area (Å²) in [5.74, 6) is -0.374. The number of para-hydroxylation sites is 1. The second kappa shape index (κ2) is 8.62. The second-order valence-corrected chi connectivity index (χ2v) is 8.07. The largest absolute Gasteiger partial charge is 0.573 e. The Kier molecular flexibility index (Phi) is 5.88. The summed E-state index contributed by atoms with van der Waals surface area (Å²) in [5.41, 5.74) is 2.20. The Morgan fingerprint density at radius 2 is 2.00 bits per heavy atom. The van der Waals surface area contributed by atoms with Gasteiger partial charge in [-0.1, -0.05) is 42.9 Å². The van der Waals surface area contributed by atoms with Crippen molar-refractivity contribution in [1.82, 2.24) is 14.8 Å². The summed E-state index contributed by atoms with van der Waals surface area (Å²) in [5, 5.41) is 3.64. The molecule has 2 heterocycles. The molecule has 0 unspecified atom stereocenters. The van der Waals surface area contributed by atoms with Crippen LogP contribution in [0.4, 0.5) is 18.9 Å². The van der Waals surface area contributed by atoms with Crippen LogP contribution in [0.1, 0.15) is 31.5 Å². The zero-order valence-corrected chi connectivity index (χ0v) is 18.0. The predicted molar refractivity (Wildman–Crippen MR) is 119 cm³/mol. The number of ether oxygens (including phenoxy) is 1. The van der Waals surface area contributed by atoms with E-state index in [1.807, 2.05) is 31.2 Å². The molecule has 2 aromatic heterocycles. The maximum atomic E-state index is 13.3. The molecule has 0 aliphatic heterocycles. The van der Waals surface area contributed by atoms with Gasteiger partial charge in [-0.05, 0) is 37.6 Å². The Labute approximate surface area is 185 Å². The summed E-state index contributed by atoms with van der Waals surface area (Å²) in [6.07, 6.45) is -3.40. The van der Waals surface area contributed by atoms with E-state index >= 15 is 0 Å². The first-order valence-electron chi connectivity index (χ1n) is 9.86. The number of nitrogens with one attached hydrogen (secondary N) is 1. The lowest BCUT2D eigenvalue weighted by atomic mass is 10.1. The van der Waals surface area contributed by atoms with E-state index in [4.69, 9.17) is 0 Å². The molecule has 0 aliphatic carbocycles. The molecule has 0 saturated carbocycles. The van der Waals surface area contributed by atoms with Gasteiger partial charge < -0.3 is 4.74 Å². The second-order valence-electron chi connectivity index (χ2n) is 7.06. The molecule has 0 radical (unpaired) electrons. The van der Waals surface area contributed by atoms with Gasteiger partial charge in [-0.15, -0.1) is 13.2 Å². The van der Waals surface area contributed by atoms with Gasteiger partial charge in [0.1, 0.15) is 5.75 Å². The van der Waals surface area contributed by atoms with Crippen molar-refractivity contribution < 1.29 is 17.9 Å². The zero-order valence-electron chi connectivity index (χ0n) is 17.2. The molecule has 166 valence electrons. The maximum Gasteiger partial charge on any atom is 0.573 e. The monoisotopic (exact) mass is 460 g/mol. The van der Waals surface area contributed by atoms with E-state index in [-0.39, 0.29) is 17.0 Å². The molecule has 1 N–H and O–H groups in total. The standard InChI is InChI=1S/C22H19F3N4O2S/c1-3-7-17-19(13(2)26-14-8-6-9-15(12-14)31-22(23,24)25)20(30)29(28-17)21-27-16-10-4-5-11-18(16)32-21/h4-6,8-12,28H,3,7H2,1-2H3. The van der Waals surface area contributed by atoms with Gasteiger partial charge in [-0.3, -0.25) is 14.9 Å². The van der Waals surface area contributed by atoms with Gasteiger partial charge in [0, 0.05) is 11.8 Å². The highest BCUT2D eigenvalue weighted by Gasteiger charge is 2.31. The van der Waals surface area contributed by atoms with Crippen LogP contribution in [0.25, 0.3) is 15.3 Å². The SMILES string of the molecule is CCCc1[nH]n(-c2nc3ccccc3s2)c(=O)c1C(C)=Nc1cccc(OC(F)(F)F)c1. The molecule has 0 spiro atoms. The number of benzene rings is 2. The number of H-pyrrole nitrogens is 1. The fraction of sp³-hybridized carbons (Fsp3) is 0.227. The number of aliphatic imine (C=N–C) groups is 1. The van der Waals surface area contributed by atoms with E-state index in [2.05, 4.69) is 19.8 Å². The van der Waals surface area contributed by atoms with Crippen molar-refractivity contribution in [1.29, 1.82) is 0 Å². The maximum absolute atomic E-state index is 13.3. The fourth-order valence-corrected chi connectivity index (χ4v) is 4.30. The highest BCUT2D eigenvalue weighted by molar-refractivity contribution is 7.20. The summed E-state index contributed by atoms with van der Waals surface area (Å²) in [6, 6.07) is 12.9. The third-order valence-corrected chi connectivity index (χ3v) is 5.67. The number of alkyl halides is 3. The number of hydrogen-bond donors (Lipinski definition) is 1. The molecule has 32 heavy (non-hydrogen) atoms. The molecule has 4 rings (SSSR count). The first-order valence-corrected chi connectivity index (χ1v) is 10.7. The van der Waals surface area contributed by atoms with Crippen LogP contribution < -0.4 is 10.3 Å². The first kappa shape index (κ1) is 21.8. The molecule has 0 bridgehead atoms. The quantitative estimate of drug-likeness (QED) is 0.372. The van der Waals surface area contributed by atoms with Gasteiger partial charge in [0.05, 0.1) is 27.2 Å². The van der Waals surface area contributed by atoms with E-state index in [0.29, 0.717) is 28.5 Å². The minimum absolute atomic E-state index is 0.249. The molecule has 0 aliphatic rings. The minimum atomic E-state index is -4.79. The van der Waals surface area contributed by atoms with Crippen molar-refractivity contribution in [2.45, 2.75) is 33.1 Å². The van der Waals surface area contributed by atoms with E-state index < -0.39 is 6.36 Å². The van der Waals surface area contributed by atoms with Gasteiger partial charge in [0.2, 0.25) is 5.13 Å². The number of aromatic nitrogens is 3. The van der Waals surface area contributed by atoms with Crippen molar-refractivity contribution >= 4 is 33.0 Å². The number of hydrogen-bond acceptors (Lipinski definition) is 5. The van der Waals surface area contributed by atoms with Gasteiger partial charge in [0.15, 0.2) is 0 Å². The molecular weight excluding hydrogens is 441 g/mol. The van der Waals surface area contributed by atoms with Crippen molar-refractivity contribution in [2.24, 2.45) is 4.99 Å². The lowest BCUT2D eigenvalue weighted by Gasteiger charge is -2.09. The highest BCUT2D eigenvalue weighted by atomic mass is 32.1. The van der Waals surface area contributed by atoms with Gasteiger partial charge in [0.25, 0.3) is 5.56 Å². The normalized spacial score (nSPS) is 12.5. The molecule has 0 saturated heterocycles. The number of thiazole rings is 1. The summed E-state index contributed by atoms with van der Waals surface area (Å²) >= 11 is 1.39. The van der Waals surface area contributed by atoms with Crippen molar-refractivity contribution in [2.75, 3.05) is 0 Å². The Morgan fingerprint density at radius 3 is 2.72 bits per heavy atom. The van der Waals surface area contributed by atoms with Crippen molar-refractivity contribution in [3.8, 4) is 10.9 Å². The summed E-state index contributed by atoms with van der Waals surface area (Å²) in [7, 11) is 0. The predicted octanol–water partition coefficient (Wildman–Crippen LogP) is 5.77. The van der Waals surface area contributed by atoms with Crippen molar-refractivity contribution in [3.05, 3.63) is 70.1 Å². The third kappa shape index (κ3) is 4.59. The van der Waals surface area contributed by atoms with Crippen molar-refractivity contribution in [3.63, 3.8) is 0 Å². The number of nitrogens with zero attached hydrogens (tertiary/aromatic N) is 3. The summed E-state index contributed by atoms with van der Waals surface area (Å²) < 4.78 is 43.9. The van der Waals surface area contributed by atoms with Gasteiger partial charge in [-0.2, -0.15) is 4.68 Å². The highest BCUT2D eigenvalue weighted by Crippen LogP contribution is 2.27. The lowest BCUT2D eigenvalue weighted by molar-refractivity contribution is -0.274. The Morgan fingerprint density at radius 1 is 1.22 bits per heavy atom. The van der Waals surface area contributed by atoms with E-state index in [1.165, 1.54) is 34.2 Å².